The average molecular weight is 401 g/mol. The largest absolute Gasteiger partial charge is 0.381 e. The molecule has 6 nitrogen and oxygen atoms in total. The zero-order chi connectivity index (χ0) is 18.8. The summed E-state index contributed by atoms with van der Waals surface area (Å²) < 4.78 is 30.6. The first-order chi connectivity index (χ1) is 12.3. The SMILES string of the molecule is CS(=O)(=O)N1CCCC(NC(=O)C2(c3ccccc3Cl)CCOCC2)C1. The molecule has 1 N–H and O–H groups in total. The van der Waals surface area contributed by atoms with Crippen molar-refractivity contribution in [3.8, 4) is 0 Å². The third-order valence-corrected chi connectivity index (χ3v) is 6.96. The number of sulfonamides is 1. The van der Waals surface area contributed by atoms with Gasteiger partial charge in [-0.05, 0) is 37.3 Å². The van der Waals surface area contributed by atoms with E-state index in [0.717, 1.165) is 18.4 Å². The molecular formula is C18H25ClN2O4S. The Labute approximate surface area is 159 Å². The molecule has 0 radical (unpaired) electrons. The Bertz CT molecular complexity index is 762. The minimum absolute atomic E-state index is 0.0887. The molecule has 0 aliphatic carbocycles. The molecule has 2 aliphatic rings. The van der Waals surface area contributed by atoms with Gasteiger partial charge >= 0.3 is 0 Å². The summed E-state index contributed by atoms with van der Waals surface area (Å²) >= 11 is 6.41. The van der Waals surface area contributed by atoms with Crippen molar-refractivity contribution < 1.29 is 17.9 Å². The van der Waals surface area contributed by atoms with E-state index >= 15 is 0 Å². The van der Waals surface area contributed by atoms with Crippen LogP contribution in [0.15, 0.2) is 24.3 Å². The molecule has 3 rings (SSSR count). The third kappa shape index (κ3) is 4.06. The zero-order valence-corrected chi connectivity index (χ0v) is 16.5. The second-order valence-corrected chi connectivity index (χ2v) is 9.50. The fraction of sp³-hybridized carbons (Fsp3) is 0.611. The summed E-state index contributed by atoms with van der Waals surface area (Å²) in [6, 6.07) is 7.25. The number of amides is 1. The Morgan fingerprint density at radius 2 is 2.00 bits per heavy atom. The third-order valence-electron chi connectivity index (χ3n) is 5.36. The topological polar surface area (TPSA) is 75.7 Å². The van der Waals surface area contributed by atoms with Crippen LogP contribution in [-0.4, -0.2) is 57.2 Å². The van der Waals surface area contributed by atoms with Gasteiger partial charge in [0.25, 0.3) is 0 Å². The standard InChI is InChI=1S/C18H25ClN2O4S/c1-26(23,24)21-10-4-5-14(13-21)20-17(22)18(8-11-25-12-9-18)15-6-2-3-7-16(15)19/h2-3,6-7,14H,4-5,8-13H2,1H3,(H,20,22). The van der Waals surface area contributed by atoms with Crippen LogP contribution in [0, 0.1) is 0 Å². The van der Waals surface area contributed by atoms with Gasteiger partial charge in [-0.15, -0.1) is 0 Å². The number of hydrogen-bond acceptors (Lipinski definition) is 4. The summed E-state index contributed by atoms with van der Waals surface area (Å²) in [7, 11) is -3.25. The summed E-state index contributed by atoms with van der Waals surface area (Å²) in [5.41, 5.74) is 0.0856. The Balaban J connectivity index is 1.82. The molecule has 0 bridgehead atoms. The maximum Gasteiger partial charge on any atom is 0.231 e. The second-order valence-electron chi connectivity index (χ2n) is 7.11. The van der Waals surface area contributed by atoms with Gasteiger partial charge < -0.3 is 10.1 Å². The molecule has 1 amide bonds. The van der Waals surface area contributed by atoms with Gasteiger partial charge in [0, 0.05) is 37.4 Å². The molecule has 0 spiro atoms. The van der Waals surface area contributed by atoms with Crippen molar-refractivity contribution in [3.05, 3.63) is 34.9 Å². The van der Waals surface area contributed by atoms with Crippen LogP contribution >= 0.6 is 11.6 Å². The van der Waals surface area contributed by atoms with E-state index in [1.807, 2.05) is 18.2 Å². The number of hydrogen-bond donors (Lipinski definition) is 1. The summed E-state index contributed by atoms with van der Waals surface area (Å²) in [5.74, 6) is -0.0887. The monoisotopic (exact) mass is 400 g/mol. The quantitative estimate of drug-likeness (QED) is 0.837. The van der Waals surface area contributed by atoms with Crippen LogP contribution in [-0.2, 0) is 25.0 Å². The Morgan fingerprint density at radius 1 is 1.31 bits per heavy atom. The lowest BCUT2D eigenvalue weighted by Gasteiger charge is -2.39. The van der Waals surface area contributed by atoms with Gasteiger partial charge in [0.1, 0.15) is 0 Å². The normalized spacial score (nSPS) is 24.2. The Kier molecular flexibility index (Phi) is 5.91. The van der Waals surface area contributed by atoms with Crippen molar-refractivity contribution in [3.63, 3.8) is 0 Å². The van der Waals surface area contributed by atoms with E-state index in [2.05, 4.69) is 5.32 Å². The van der Waals surface area contributed by atoms with E-state index in [1.165, 1.54) is 10.6 Å². The molecule has 8 heteroatoms. The molecule has 2 saturated heterocycles. The number of rotatable bonds is 4. The molecule has 1 aromatic rings. The highest BCUT2D eigenvalue weighted by molar-refractivity contribution is 7.88. The number of benzene rings is 1. The highest BCUT2D eigenvalue weighted by Crippen LogP contribution is 2.39. The summed E-state index contributed by atoms with van der Waals surface area (Å²) in [5, 5.41) is 3.67. The van der Waals surface area contributed by atoms with Gasteiger partial charge in [0.05, 0.1) is 11.7 Å². The van der Waals surface area contributed by atoms with Crippen LogP contribution in [0.2, 0.25) is 5.02 Å². The van der Waals surface area contributed by atoms with Crippen molar-refractivity contribution in [1.29, 1.82) is 0 Å². The van der Waals surface area contributed by atoms with Gasteiger partial charge in [-0.3, -0.25) is 4.79 Å². The molecule has 2 aliphatic heterocycles. The number of carbonyl (C=O) groups is 1. The lowest BCUT2D eigenvalue weighted by atomic mass is 9.73. The predicted octanol–water partition coefficient (Wildman–Crippen LogP) is 1.93. The van der Waals surface area contributed by atoms with Crippen molar-refractivity contribution in [2.75, 3.05) is 32.6 Å². The second kappa shape index (κ2) is 7.84. The minimum atomic E-state index is -3.25. The summed E-state index contributed by atoms with van der Waals surface area (Å²) in [6.07, 6.45) is 3.84. The van der Waals surface area contributed by atoms with E-state index in [9.17, 15) is 13.2 Å². The molecule has 2 heterocycles. The van der Waals surface area contributed by atoms with Gasteiger partial charge in [-0.1, -0.05) is 29.8 Å². The Morgan fingerprint density at radius 3 is 2.65 bits per heavy atom. The number of carbonyl (C=O) groups excluding carboxylic acids is 1. The van der Waals surface area contributed by atoms with Crippen LogP contribution in [0.5, 0.6) is 0 Å². The van der Waals surface area contributed by atoms with Crippen LogP contribution in [0.25, 0.3) is 0 Å². The molecule has 0 saturated carbocycles. The highest BCUT2D eigenvalue weighted by Gasteiger charge is 2.44. The predicted molar refractivity (Wildman–Crippen MR) is 101 cm³/mol. The molecule has 2 fully saturated rings. The van der Waals surface area contributed by atoms with Crippen molar-refractivity contribution in [1.82, 2.24) is 9.62 Å². The van der Waals surface area contributed by atoms with E-state index in [1.54, 1.807) is 6.07 Å². The first-order valence-electron chi connectivity index (χ1n) is 8.92. The fourth-order valence-corrected chi connectivity index (χ4v) is 5.10. The molecule has 1 unspecified atom stereocenters. The fourth-order valence-electron chi connectivity index (χ4n) is 3.87. The number of halogens is 1. The van der Waals surface area contributed by atoms with Gasteiger partial charge in [-0.25, -0.2) is 12.7 Å². The highest BCUT2D eigenvalue weighted by atomic mass is 35.5. The van der Waals surface area contributed by atoms with Gasteiger partial charge in [0.15, 0.2) is 0 Å². The number of nitrogens with one attached hydrogen (secondary N) is 1. The first-order valence-corrected chi connectivity index (χ1v) is 11.1. The van der Waals surface area contributed by atoms with Gasteiger partial charge in [-0.2, -0.15) is 0 Å². The molecule has 1 atom stereocenters. The summed E-state index contributed by atoms with van der Waals surface area (Å²) in [6.45, 7) is 1.83. The van der Waals surface area contributed by atoms with Crippen LogP contribution in [0.4, 0.5) is 0 Å². The minimum Gasteiger partial charge on any atom is -0.381 e. The molecule has 144 valence electrons. The first kappa shape index (κ1) is 19.6. The van der Waals surface area contributed by atoms with Crippen LogP contribution in [0.1, 0.15) is 31.2 Å². The van der Waals surface area contributed by atoms with E-state index in [0.29, 0.717) is 44.2 Å². The average Bonchev–Trinajstić information content (AvgIpc) is 2.62. The van der Waals surface area contributed by atoms with E-state index in [4.69, 9.17) is 16.3 Å². The molecule has 1 aromatic carbocycles. The molecular weight excluding hydrogens is 376 g/mol. The van der Waals surface area contributed by atoms with Gasteiger partial charge in [0.2, 0.25) is 15.9 Å². The van der Waals surface area contributed by atoms with Crippen molar-refractivity contribution in [2.45, 2.75) is 37.1 Å². The molecule has 26 heavy (non-hydrogen) atoms. The maximum absolute atomic E-state index is 13.3. The zero-order valence-electron chi connectivity index (χ0n) is 14.9. The number of piperidine rings is 1. The van der Waals surface area contributed by atoms with Crippen LogP contribution < -0.4 is 5.32 Å². The maximum atomic E-state index is 13.3. The van der Waals surface area contributed by atoms with E-state index in [-0.39, 0.29) is 11.9 Å². The van der Waals surface area contributed by atoms with E-state index < -0.39 is 15.4 Å². The number of ether oxygens (including phenoxy) is 1. The Hall–Kier alpha value is -1.15. The van der Waals surface area contributed by atoms with Crippen molar-refractivity contribution >= 4 is 27.5 Å². The lowest BCUT2D eigenvalue weighted by molar-refractivity contribution is -0.131. The smallest absolute Gasteiger partial charge is 0.231 e. The summed E-state index contributed by atoms with van der Waals surface area (Å²) in [4.78, 5) is 13.3. The lowest BCUT2D eigenvalue weighted by Crippen LogP contribution is -2.55. The van der Waals surface area contributed by atoms with Crippen LogP contribution in [0.3, 0.4) is 0 Å². The molecule has 0 aromatic heterocycles. The number of nitrogens with zero attached hydrogens (tertiary/aromatic N) is 1. The van der Waals surface area contributed by atoms with Crippen molar-refractivity contribution in [2.24, 2.45) is 0 Å².